The highest BCUT2D eigenvalue weighted by molar-refractivity contribution is 7.17. The standard InChI is InChI=1S/C18H22N4O2S/c1-12-7-9-21(10-8-12)15(13-3-5-14(24-2)6-4-13)16-17(23)22-18(25-16)19-11-20-22/h3-6,11-12,15,23H,7-10H2,1-2H3/t15-/m0/s1. The second-order valence-corrected chi connectivity index (χ2v) is 7.65. The van der Waals surface area contributed by atoms with Crippen molar-refractivity contribution < 1.29 is 9.84 Å². The number of ether oxygens (including phenoxy) is 1. The Balaban J connectivity index is 1.76. The van der Waals surface area contributed by atoms with Gasteiger partial charge < -0.3 is 9.84 Å². The van der Waals surface area contributed by atoms with E-state index in [0.29, 0.717) is 0 Å². The van der Waals surface area contributed by atoms with Crippen molar-refractivity contribution in [1.82, 2.24) is 19.5 Å². The molecule has 0 unspecified atom stereocenters. The van der Waals surface area contributed by atoms with Crippen molar-refractivity contribution in [3.8, 4) is 11.6 Å². The topological polar surface area (TPSA) is 62.9 Å². The summed E-state index contributed by atoms with van der Waals surface area (Å²) in [6.45, 7) is 4.34. The lowest BCUT2D eigenvalue weighted by atomic mass is 9.95. The van der Waals surface area contributed by atoms with E-state index in [0.717, 1.165) is 40.2 Å². The highest BCUT2D eigenvalue weighted by Gasteiger charge is 2.31. The van der Waals surface area contributed by atoms with E-state index in [2.05, 4.69) is 34.0 Å². The lowest BCUT2D eigenvalue weighted by Crippen LogP contribution is -2.36. The van der Waals surface area contributed by atoms with Gasteiger partial charge in [0.15, 0.2) is 0 Å². The average Bonchev–Trinajstić information content (AvgIpc) is 3.21. The SMILES string of the molecule is COc1ccc([C@@H](c2sc3ncnn3c2O)N2CCC(C)CC2)cc1. The predicted octanol–water partition coefficient (Wildman–Crippen LogP) is 3.33. The Labute approximate surface area is 150 Å². The van der Waals surface area contributed by atoms with E-state index in [9.17, 15) is 5.11 Å². The summed E-state index contributed by atoms with van der Waals surface area (Å²) in [5, 5.41) is 14.8. The first-order valence-corrected chi connectivity index (χ1v) is 9.38. The van der Waals surface area contributed by atoms with Crippen LogP contribution in [0.1, 0.15) is 36.2 Å². The number of nitrogens with zero attached hydrogens (tertiary/aromatic N) is 4. The number of aromatic nitrogens is 3. The first-order chi connectivity index (χ1) is 12.2. The molecule has 1 atom stereocenters. The number of hydrogen-bond acceptors (Lipinski definition) is 6. The van der Waals surface area contributed by atoms with Gasteiger partial charge in [0.2, 0.25) is 10.8 Å². The molecule has 0 radical (unpaired) electrons. The summed E-state index contributed by atoms with van der Waals surface area (Å²) in [7, 11) is 1.67. The third-order valence-corrected chi connectivity index (χ3v) is 6.09. The summed E-state index contributed by atoms with van der Waals surface area (Å²) in [6.07, 6.45) is 3.82. The van der Waals surface area contributed by atoms with E-state index in [4.69, 9.17) is 4.74 Å². The zero-order chi connectivity index (χ0) is 17.4. The number of fused-ring (bicyclic) bond motifs is 1. The molecule has 1 saturated heterocycles. The lowest BCUT2D eigenvalue weighted by molar-refractivity contribution is 0.157. The molecule has 0 bridgehead atoms. The zero-order valence-electron chi connectivity index (χ0n) is 14.4. The summed E-state index contributed by atoms with van der Waals surface area (Å²) in [5.41, 5.74) is 1.15. The van der Waals surface area contributed by atoms with E-state index in [1.165, 1.54) is 35.0 Å². The number of aromatic hydroxyl groups is 1. The molecule has 6 nitrogen and oxygen atoms in total. The van der Waals surface area contributed by atoms with Gasteiger partial charge in [0.25, 0.3) is 0 Å². The molecule has 1 aliphatic rings. The highest BCUT2D eigenvalue weighted by Crippen LogP contribution is 2.41. The number of rotatable bonds is 4. The third kappa shape index (κ3) is 2.98. The summed E-state index contributed by atoms with van der Waals surface area (Å²) in [5.74, 6) is 1.78. The van der Waals surface area contributed by atoms with E-state index in [1.54, 1.807) is 7.11 Å². The van der Waals surface area contributed by atoms with Crippen LogP contribution in [-0.4, -0.2) is 44.8 Å². The van der Waals surface area contributed by atoms with Crippen LogP contribution in [0, 0.1) is 5.92 Å². The molecule has 1 N–H and O–H groups in total. The molecule has 0 spiro atoms. The highest BCUT2D eigenvalue weighted by atomic mass is 32.1. The monoisotopic (exact) mass is 358 g/mol. The number of hydrogen-bond donors (Lipinski definition) is 1. The Morgan fingerprint density at radius 1 is 1.24 bits per heavy atom. The van der Waals surface area contributed by atoms with Crippen LogP contribution in [0.3, 0.4) is 0 Å². The Morgan fingerprint density at radius 2 is 1.96 bits per heavy atom. The number of thiazole rings is 1. The molecule has 132 valence electrons. The molecule has 1 fully saturated rings. The van der Waals surface area contributed by atoms with Crippen molar-refractivity contribution >= 4 is 16.3 Å². The van der Waals surface area contributed by atoms with E-state index < -0.39 is 0 Å². The van der Waals surface area contributed by atoms with Crippen LogP contribution < -0.4 is 4.74 Å². The van der Waals surface area contributed by atoms with Gasteiger partial charge >= 0.3 is 0 Å². The van der Waals surface area contributed by atoms with Gasteiger partial charge in [-0.2, -0.15) is 9.61 Å². The number of benzene rings is 1. The molecule has 0 saturated carbocycles. The molecule has 0 amide bonds. The lowest BCUT2D eigenvalue weighted by Gasteiger charge is -2.36. The van der Waals surface area contributed by atoms with Gasteiger partial charge in [-0.15, -0.1) is 0 Å². The first kappa shape index (κ1) is 16.4. The maximum atomic E-state index is 10.7. The van der Waals surface area contributed by atoms with Gasteiger partial charge in [-0.3, -0.25) is 4.90 Å². The quantitative estimate of drug-likeness (QED) is 0.775. The van der Waals surface area contributed by atoms with Gasteiger partial charge in [0.05, 0.1) is 18.0 Å². The normalized spacial score (nSPS) is 17.8. The van der Waals surface area contributed by atoms with Crippen LogP contribution >= 0.6 is 11.3 Å². The number of piperidine rings is 1. The molecule has 7 heteroatoms. The van der Waals surface area contributed by atoms with Crippen LogP contribution in [0.2, 0.25) is 0 Å². The van der Waals surface area contributed by atoms with Crippen molar-refractivity contribution in [3.05, 3.63) is 41.0 Å². The van der Waals surface area contributed by atoms with E-state index >= 15 is 0 Å². The Morgan fingerprint density at radius 3 is 2.60 bits per heavy atom. The minimum atomic E-state index is 0.00639. The molecule has 3 heterocycles. The Kier molecular flexibility index (Phi) is 4.35. The molecule has 2 aromatic heterocycles. The van der Waals surface area contributed by atoms with Gasteiger partial charge in [-0.05, 0) is 49.5 Å². The second-order valence-electron chi connectivity index (χ2n) is 6.64. The number of methoxy groups -OCH3 is 1. The molecule has 3 aromatic rings. The van der Waals surface area contributed by atoms with Crippen molar-refractivity contribution in [3.63, 3.8) is 0 Å². The summed E-state index contributed by atoms with van der Waals surface area (Å²) >= 11 is 1.50. The van der Waals surface area contributed by atoms with Crippen molar-refractivity contribution in [2.45, 2.75) is 25.8 Å². The molecule has 0 aliphatic carbocycles. The van der Waals surface area contributed by atoms with Crippen LogP contribution in [0.25, 0.3) is 4.96 Å². The fourth-order valence-corrected chi connectivity index (χ4v) is 4.56. The molecular weight excluding hydrogens is 336 g/mol. The van der Waals surface area contributed by atoms with Crippen molar-refractivity contribution in [2.24, 2.45) is 5.92 Å². The Hall–Kier alpha value is -2.12. The summed E-state index contributed by atoms with van der Waals surface area (Å²) in [6, 6.07) is 8.12. The minimum absolute atomic E-state index is 0.00639. The molecule has 25 heavy (non-hydrogen) atoms. The number of likely N-dealkylation sites (tertiary alicyclic amines) is 1. The zero-order valence-corrected chi connectivity index (χ0v) is 15.2. The summed E-state index contributed by atoms with van der Waals surface area (Å²) in [4.78, 5) is 8.30. The smallest absolute Gasteiger partial charge is 0.230 e. The van der Waals surface area contributed by atoms with Crippen LogP contribution in [0.5, 0.6) is 11.6 Å². The van der Waals surface area contributed by atoms with E-state index in [1.807, 2.05) is 12.1 Å². The fraction of sp³-hybridized carbons (Fsp3) is 0.444. The van der Waals surface area contributed by atoms with Crippen LogP contribution in [-0.2, 0) is 0 Å². The largest absolute Gasteiger partial charge is 0.497 e. The average molecular weight is 358 g/mol. The Bertz CT molecular complexity index is 850. The summed E-state index contributed by atoms with van der Waals surface area (Å²) < 4.78 is 6.81. The predicted molar refractivity (Wildman–Crippen MR) is 97.3 cm³/mol. The minimum Gasteiger partial charge on any atom is -0.497 e. The second kappa shape index (κ2) is 6.65. The molecular formula is C18H22N4O2S. The van der Waals surface area contributed by atoms with Crippen LogP contribution in [0.4, 0.5) is 0 Å². The molecule has 1 aromatic carbocycles. The first-order valence-electron chi connectivity index (χ1n) is 8.56. The van der Waals surface area contributed by atoms with Crippen molar-refractivity contribution in [1.29, 1.82) is 0 Å². The van der Waals surface area contributed by atoms with Gasteiger partial charge in [-0.1, -0.05) is 30.4 Å². The maximum absolute atomic E-state index is 10.7. The van der Waals surface area contributed by atoms with Crippen molar-refractivity contribution in [2.75, 3.05) is 20.2 Å². The fourth-order valence-electron chi connectivity index (χ4n) is 3.47. The van der Waals surface area contributed by atoms with Gasteiger partial charge in [-0.25, -0.2) is 4.98 Å². The van der Waals surface area contributed by atoms with E-state index in [-0.39, 0.29) is 11.9 Å². The van der Waals surface area contributed by atoms with Gasteiger partial charge in [0.1, 0.15) is 12.1 Å². The molecule has 1 aliphatic heterocycles. The van der Waals surface area contributed by atoms with Gasteiger partial charge in [0, 0.05) is 0 Å². The third-order valence-electron chi connectivity index (χ3n) is 5.00. The maximum Gasteiger partial charge on any atom is 0.230 e. The van der Waals surface area contributed by atoms with Crippen LogP contribution in [0.15, 0.2) is 30.6 Å². The molecule has 4 rings (SSSR count).